The number of benzene rings is 1. The van der Waals surface area contributed by atoms with Gasteiger partial charge in [-0.3, -0.25) is 4.68 Å². The van der Waals surface area contributed by atoms with E-state index in [9.17, 15) is 0 Å². The molecule has 0 bridgehead atoms. The van der Waals surface area contributed by atoms with E-state index in [1.807, 2.05) is 24.7 Å². The number of rotatable bonds is 4. The van der Waals surface area contributed by atoms with Crippen molar-refractivity contribution in [3.63, 3.8) is 0 Å². The second-order valence-corrected chi connectivity index (χ2v) is 7.58. The molecule has 1 N–H and O–H groups in total. The summed E-state index contributed by atoms with van der Waals surface area (Å²) in [5, 5.41) is 9.95. The lowest BCUT2D eigenvalue weighted by molar-refractivity contribution is 0.122. The molecule has 1 saturated carbocycles. The second kappa shape index (κ2) is 6.66. The van der Waals surface area contributed by atoms with Crippen molar-refractivity contribution in [3.05, 3.63) is 42.9 Å². The van der Waals surface area contributed by atoms with Gasteiger partial charge in [0.1, 0.15) is 11.3 Å². The van der Waals surface area contributed by atoms with E-state index in [1.54, 1.807) is 0 Å². The highest BCUT2D eigenvalue weighted by Gasteiger charge is 2.26. The van der Waals surface area contributed by atoms with Gasteiger partial charge >= 0.3 is 0 Å². The molecule has 8 nitrogen and oxygen atoms in total. The lowest BCUT2D eigenvalue weighted by atomic mass is 10.2. The molecule has 3 aromatic heterocycles. The molecule has 2 aliphatic rings. The number of nitrogens with zero attached hydrogens (tertiary/aromatic N) is 6. The summed E-state index contributed by atoms with van der Waals surface area (Å²) in [6.45, 7) is 3.31. The van der Waals surface area contributed by atoms with E-state index < -0.39 is 0 Å². The van der Waals surface area contributed by atoms with Crippen LogP contribution in [0.4, 0.5) is 17.5 Å². The van der Waals surface area contributed by atoms with Gasteiger partial charge in [-0.2, -0.15) is 5.10 Å². The van der Waals surface area contributed by atoms with Gasteiger partial charge in [-0.1, -0.05) is 12.1 Å². The fourth-order valence-electron chi connectivity index (χ4n) is 3.86. The number of nitrogens with one attached hydrogen (secondary N) is 1. The molecule has 0 unspecified atom stereocenters. The fourth-order valence-corrected chi connectivity index (χ4v) is 3.86. The smallest absolute Gasteiger partial charge is 0.228 e. The van der Waals surface area contributed by atoms with Crippen LogP contribution in [-0.2, 0) is 4.74 Å². The number of pyridine rings is 1. The third-order valence-electron chi connectivity index (χ3n) is 5.56. The average molecular weight is 387 g/mol. The molecule has 4 heterocycles. The zero-order valence-electron chi connectivity index (χ0n) is 16.0. The number of morpholine rings is 1. The highest BCUT2D eigenvalue weighted by Crippen LogP contribution is 2.38. The third-order valence-corrected chi connectivity index (χ3v) is 5.56. The van der Waals surface area contributed by atoms with Crippen molar-refractivity contribution in [1.82, 2.24) is 24.7 Å². The zero-order valence-corrected chi connectivity index (χ0v) is 16.0. The van der Waals surface area contributed by atoms with Crippen LogP contribution in [0.3, 0.4) is 0 Å². The fraction of sp³-hybridized carbons (Fsp3) is 0.333. The maximum atomic E-state index is 5.41. The van der Waals surface area contributed by atoms with E-state index in [1.165, 1.54) is 12.8 Å². The van der Waals surface area contributed by atoms with Gasteiger partial charge in [-0.25, -0.2) is 15.0 Å². The van der Waals surface area contributed by atoms with E-state index >= 15 is 0 Å². The molecule has 8 heteroatoms. The SMILES string of the molecule is c1cc(Nc2ncc3ccc4cnn(C5CC5)c4c3n2)ncc1N1CCOCC1. The predicted octanol–water partition coefficient (Wildman–Crippen LogP) is 3.29. The van der Waals surface area contributed by atoms with Crippen LogP contribution in [0.2, 0.25) is 0 Å². The summed E-state index contributed by atoms with van der Waals surface area (Å²) < 4.78 is 7.53. The molecule has 146 valence electrons. The molecule has 29 heavy (non-hydrogen) atoms. The van der Waals surface area contributed by atoms with Crippen molar-refractivity contribution in [3.8, 4) is 0 Å². The van der Waals surface area contributed by atoms with Gasteiger partial charge in [0.2, 0.25) is 5.95 Å². The topological polar surface area (TPSA) is 81.0 Å². The van der Waals surface area contributed by atoms with Crippen molar-refractivity contribution in [2.45, 2.75) is 18.9 Å². The summed E-state index contributed by atoms with van der Waals surface area (Å²) in [6.07, 6.45) is 8.03. The number of aromatic nitrogens is 5. The minimum absolute atomic E-state index is 0.499. The molecule has 0 atom stereocenters. The number of hydrogen-bond donors (Lipinski definition) is 1. The number of hydrogen-bond acceptors (Lipinski definition) is 7. The summed E-state index contributed by atoms with van der Waals surface area (Å²) in [4.78, 5) is 16.1. The molecule has 6 rings (SSSR count). The van der Waals surface area contributed by atoms with Crippen LogP contribution in [0.15, 0.2) is 42.9 Å². The van der Waals surface area contributed by atoms with E-state index in [4.69, 9.17) is 9.72 Å². The first-order chi connectivity index (χ1) is 14.3. The van der Waals surface area contributed by atoms with Crippen LogP contribution in [0.25, 0.3) is 21.8 Å². The van der Waals surface area contributed by atoms with Gasteiger partial charge in [-0.05, 0) is 25.0 Å². The first kappa shape index (κ1) is 16.7. The van der Waals surface area contributed by atoms with Crippen molar-refractivity contribution < 1.29 is 4.74 Å². The van der Waals surface area contributed by atoms with Crippen LogP contribution in [0.5, 0.6) is 0 Å². The maximum absolute atomic E-state index is 5.41. The van der Waals surface area contributed by atoms with Crippen molar-refractivity contribution >= 4 is 39.3 Å². The Balaban J connectivity index is 1.31. The molecule has 0 spiro atoms. The Kier molecular flexibility index (Phi) is 3.83. The Labute approximate surface area is 167 Å². The summed E-state index contributed by atoms with van der Waals surface area (Å²) in [7, 11) is 0. The van der Waals surface area contributed by atoms with Gasteiger partial charge in [0.15, 0.2) is 0 Å². The van der Waals surface area contributed by atoms with Gasteiger partial charge < -0.3 is 15.0 Å². The first-order valence-corrected chi connectivity index (χ1v) is 10.0. The highest BCUT2D eigenvalue weighted by atomic mass is 16.5. The Morgan fingerprint density at radius 2 is 1.79 bits per heavy atom. The van der Waals surface area contributed by atoms with Gasteiger partial charge in [-0.15, -0.1) is 0 Å². The van der Waals surface area contributed by atoms with Crippen molar-refractivity contribution in [1.29, 1.82) is 0 Å². The van der Waals surface area contributed by atoms with Gasteiger partial charge in [0.25, 0.3) is 0 Å². The summed E-state index contributed by atoms with van der Waals surface area (Å²) >= 11 is 0. The van der Waals surface area contributed by atoms with Crippen LogP contribution in [0.1, 0.15) is 18.9 Å². The molecule has 1 aromatic carbocycles. The molecular formula is C21H21N7O. The lowest BCUT2D eigenvalue weighted by Crippen LogP contribution is -2.36. The molecular weight excluding hydrogens is 366 g/mol. The monoisotopic (exact) mass is 387 g/mol. The highest BCUT2D eigenvalue weighted by molar-refractivity contribution is 6.03. The van der Waals surface area contributed by atoms with Crippen LogP contribution in [0, 0.1) is 0 Å². The second-order valence-electron chi connectivity index (χ2n) is 7.58. The maximum Gasteiger partial charge on any atom is 0.228 e. The third kappa shape index (κ3) is 3.05. The van der Waals surface area contributed by atoms with E-state index in [-0.39, 0.29) is 0 Å². The van der Waals surface area contributed by atoms with E-state index in [0.29, 0.717) is 12.0 Å². The minimum Gasteiger partial charge on any atom is -0.378 e. The number of fused-ring (bicyclic) bond motifs is 3. The standard InChI is InChI=1S/C21H21N7O/c1-2-15-12-24-28(16-3-4-16)20(15)19-14(1)11-23-21(26-19)25-18-6-5-17(13-22-18)27-7-9-29-10-8-27/h1-2,5-6,11-13,16H,3-4,7-10H2,(H,22,23,25,26). The minimum atomic E-state index is 0.499. The van der Waals surface area contributed by atoms with Crippen molar-refractivity contribution in [2.24, 2.45) is 0 Å². The van der Waals surface area contributed by atoms with Gasteiger partial charge in [0.05, 0.1) is 42.9 Å². The van der Waals surface area contributed by atoms with Crippen LogP contribution in [-0.4, -0.2) is 51.0 Å². The Bertz CT molecular complexity index is 1180. The van der Waals surface area contributed by atoms with Gasteiger partial charge in [0, 0.05) is 30.1 Å². The molecule has 1 saturated heterocycles. The molecule has 0 radical (unpaired) electrons. The van der Waals surface area contributed by atoms with E-state index in [2.05, 4.69) is 48.2 Å². The molecule has 2 fully saturated rings. The van der Waals surface area contributed by atoms with E-state index in [0.717, 1.165) is 59.6 Å². The molecule has 1 aliphatic carbocycles. The Morgan fingerprint density at radius 1 is 0.931 bits per heavy atom. The van der Waals surface area contributed by atoms with Crippen molar-refractivity contribution in [2.75, 3.05) is 36.5 Å². The first-order valence-electron chi connectivity index (χ1n) is 10.0. The normalized spacial score (nSPS) is 17.2. The largest absolute Gasteiger partial charge is 0.378 e. The summed E-state index contributed by atoms with van der Waals surface area (Å²) in [5.41, 5.74) is 3.12. The summed E-state index contributed by atoms with van der Waals surface area (Å²) in [5.74, 6) is 1.27. The molecule has 1 aliphatic heterocycles. The lowest BCUT2D eigenvalue weighted by Gasteiger charge is -2.28. The van der Waals surface area contributed by atoms with Crippen LogP contribution >= 0.6 is 0 Å². The Hall–Kier alpha value is -3.26. The predicted molar refractivity (Wildman–Crippen MR) is 112 cm³/mol. The molecule has 4 aromatic rings. The summed E-state index contributed by atoms with van der Waals surface area (Å²) in [6, 6.07) is 8.68. The number of anilines is 3. The molecule has 0 amide bonds. The van der Waals surface area contributed by atoms with Crippen LogP contribution < -0.4 is 10.2 Å². The quantitative estimate of drug-likeness (QED) is 0.575. The zero-order chi connectivity index (χ0) is 19.2. The Morgan fingerprint density at radius 3 is 2.59 bits per heavy atom. The number of ether oxygens (including phenoxy) is 1. The average Bonchev–Trinajstić information content (AvgIpc) is 3.53.